The Kier molecular flexibility index (Phi) is 7.73. The van der Waals surface area contributed by atoms with Crippen LogP contribution >= 0.6 is 0 Å². The summed E-state index contributed by atoms with van der Waals surface area (Å²) in [4.78, 5) is 19.5. The van der Waals surface area contributed by atoms with Crippen LogP contribution in [0.2, 0.25) is 0 Å². The quantitative estimate of drug-likeness (QED) is 0.501. The van der Waals surface area contributed by atoms with E-state index in [0.717, 1.165) is 30.8 Å². The first-order chi connectivity index (χ1) is 16.2. The molecule has 1 amide bonds. The van der Waals surface area contributed by atoms with E-state index in [9.17, 15) is 4.79 Å². The number of amides is 1. The van der Waals surface area contributed by atoms with Crippen molar-refractivity contribution in [1.29, 1.82) is 0 Å². The topological polar surface area (TPSA) is 80.5 Å². The molecule has 1 N–H and O–H groups in total. The minimum absolute atomic E-state index is 0.0141. The van der Waals surface area contributed by atoms with E-state index in [1.807, 2.05) is 24.3 Å². The van der Waals surface area contributed by atoms with Gasteiger partial charge in [-0.3, -0.25) is 9.69 Å². The van der Waals surface area contributed by atoms with Crippen molar-refractivity contribution in [2.45, 2.75) is 45.1 Å². The van der Waals surface area contributed by atoms with Crippen LogP contribution < -0.4 is 10.1 Å². The number of rotatable bonds is 10. The van der Waals surface area contributed by atoms with E-state index in [-0.39, 0.29) is 11.9 Å². The van der Waals surface area contributed by atoms with Gasteiger partial charge in [-0.25, -0.2) is 0 Å². The highest BCUT2D eigenvalue weighted by molar-refractivity contribution is 5.76. The van der Waals surface area contributed by atoms with Crippen molar-refractivity contribution in [2.75, 3.05) is 26.7 Å². The second-order valence-electron chi connectivity index (χ2n) is 8.40. The molecule has 2 heterocycles. The molecule has 4 rings (SSSR count). The molecule has 7 heteroatoms. The zero-order valence-electron chi connectivity index (χ0n) is 19.4. The molecule has 0 unspecified atom stereocenters. The minimum atomic E-state index is -0.0141. The molecule has 1 fully saturated rings. The van der Waals surface area contributed by atoms with Crippen LogP contribution in [0.1, 0.15) is 49.2 Å². The summed E-state index contributed by atoms with van der Waals surface area (Å²) in [7, 11) is 1.67. The van der Waals surface area contributed by atoms with E-state index in [4.69, 9.17) is 9.26 Å². The monoisotopic (exact) mass is 448 g/mol. The number of nitrogens with zero attached hydrogens (tertiary/aromatic N) is 3. The highest BCUT2D eigenvalue weighted by atomic mass is 16.5. The number of carbonyl (C=O) groups excluding carboxylic acids is 1. The lowest BCUT2D eigenvalue weighted by atomic mass is 10.1. The fraction of sp³-hybridized carbons (Fsp3) is 0.423. The first-order valence-electron chi connectivity index (χ1n) is 11.7. The van der Waals surface area contributed by atoms with E-state index in [1.165, 1.54) is 24.0 Å². The van der Waals surface area contributed by atoms with Gasteiger partial charge in [0.1, 0.15) is 5.75 Å². The Balaban J connectivity index is 1.31. The summed E-state index contributed by atoms with van der Waals surface area (Å²) in [5.41, 5.74) is 3.37. The molecule has 1 aliphatic rings. The van der Waals surface area contributed by atoms with Gasteiger partial charge >= 0.3 is 0 Å². The Morgan fingerprint density at radius 1 is 1.12 bits per heavy atom. The molecule has 1 saturated heterocycles. The summed E-state index contributed by atoms with van der Waals surface area (Å²) >= 11 is 0. The Morgan fingerprint density at radius 3 is 2.52 bits per heavy atom. The summed E-state index contributed by atoms with van der Waals surface area (Å²) in [6.07, 6.45) is 4.11. The zero-order valence-corrected chi connectivity index (χ0v) is 19.4. The predicted molar refractivity (Wildman–Crippen MR) is 127 cm³/mol. The Bertz CT molecular complexity index is 1020. The largest absolute Gasteiger partial charge is 0.497 e. The van der Waals surface area contributed by atoms with Crippen molar-refractivity contribution in [2.24, 2.45) is 0 Å². The van der Waals surface area contributed by atoms with Gasteiger partial charge < -0.3 is 14.6 Å². The van der Waals surface area contributed by atoms with Gasteiger partial charge in [-0.2, -0.15) is 4.98 Å². The highest BCUT2D eigenvalue weighted by Crippen LogP contribution is 2.26. The maximum absolute atomic E-state index is 12.6. The second kappa shape index (κ2) is 11.1. The number of aromatic nitrogens is 2. The Labute approximate surface area is 195 Å². The lowest BCUT2D eigenvalue weighted by molar-refractivity contribution is -0.121. The molecule has 0 bridgehead atoms. The number of nitrogens with one attached hydrogen (secondary N) is 1. The molecule has 174 valence electrons. The van der Waals surface area contributed by atoms with Gasteiger partial charge in [0.15, 0.2) is 0 Å². The van der Waals surface area contributed by atoms with Crippen LogP contribution in [0.5, 0.6) is 5.75 Å². The fourth-order valence-corrected chi connectivity index (χ4v) is 4.22. The number of aryl methyl sites for hydroxylation is 2. The third kappa shape index (κ3) is 5.99. The summed E-state index contributed by atoms with van der Waals surface area (Å²) in [6.45, 7) is 4.80. The van der Waals surface area contributed by atoms with Crippen LogP contribution in [0.3, 0.4) is 0 Å². The Hall–Kier alpha value is -3.19. The van der Waals surface area contributed by atoms with E-state index in [1.54, 1.807) is 7.11 Å². The summed E-state index contributed by atoms with van der Waals surface area (Å²) in [5, 5.41) is 7.17. The van der Waals surface area contributed by atoms with E-state index < -0.39 is 0 Å². The number of methoxy groups -OCH3 is 1. The minimum Gasteiger partial charge on any atom is -0.497 e. The zero-order chi connectivity index (χ0) is 23.0. The van der Waals surface area contributed by atoms with Gasteiger partial charge in [0.25, 0.3) is 0 Å². The smallest absolute Gasteiger partial charge is 0.227 e. The van der Waals surface area contributed by atoms with Crippen LogP contribution in [-0.4, -0.2) is 47.7 Å². The highest BCUT2D eigenvalue weighted by Gasteiger charge is 2.24. The first-order valence-corrected chi connectivity index (χ1v) is 11.7. The maximum Gasteiger partial charge on any atom is 0.227 e. The number of carbonyl (C=O) groups is 1. The van der Waals surface area contributed by atoms with Gasteiger partial charge in [-0.15, -0.1) is 0 Å². The second-order valence-corrected chi connectivity index (χ2v) is 8.40. The number of hydrogen-bond donors (Lipinski definition) is 1. The van der Waals surface area contributed by atoms with Crippen LogP contribution in [0.25, 0.3) is 11.4 Å². The number of ether oxygens (including phenoxy) is 1. The number of likely N-dealkylation sites (tertiary alicyclic amines) is 1. The molecule has 0 spiro atoms. The molecule has 1 aromatic heterocycles. The fourth-order valence-electron chi connectivity index (χ4n) is 4.22. The van der Waals surface area contributed by atoms with Crippen LogP contribution in [0, 0.1) is 0 Å². The molecule has 1 aliphatic heterocycles. The standard InChI is InChI=1S/C26H32N4O3/c1-3-19-6-8-21(9-7-19)26-28-25(33-29-26)15-14-24(31)27-18-23(30-16-4-5-17-30)20-10-12-22(32-2)13-11-20/h6-13,23H,3-5,14-18H2,1-2H3,(H,27,31)/t23-/m0/s1. The average Bonchev–Trinajstić information content (AvgIpc) is 3.56. The predicted octanol–water partition coefficient (Wildman–Crippen LogP) is 4.19. The lowest BCUT2D eigenvalue weighted by Gasteiger charge is -2.28. The molecular weight excluding hydrogens is 416 g/mol. The molecule has 1 atom stereocenters. The van der Waals surface area contributed by atoms with Crippen molar-refractivity contribution in [1.82, 2.24) is 20.4 Å². The maximum atomic E-state index is 12.6. The van der Waals surface area contributed by atoms with Crippen molar-refractivity contribution in [3.05, 3.63) is 65.5 Å². The third-order valence-corrected chi connectivity index (χ3v) is 6.23. The molecule has 0 aliphatic carbocycles. The van der Waals surface area contributed by atoms with Crippen molar-refractivity contribution >= 4 is 5.91 Å². The molecule has 0 saturated carbocycles. The molecule has 2 aromatic carbocycles. The van der Waals surface area contributed by atoms with Crippen molar-refractivity contribution in [3.63, 3.8) is 0 Å². The van der Waals surface area contributed by atoms with Crippen LogP contribution in [0.4, 0.5) is 0 Å². The SMILES string of the molecule is CCc1ccc(-c2noc(CCC(=O)NC[C@@H](c3ccc(OC)cc3)N3CCCC3)n2)cc1. The summed E-state index contributed by atoms with van der Waals surface area (Å²) in [6, 6.07) is 16.4. The average molecular weight is 449 g/mol. The van der Waals surface area contributed by atoms with E-state index >= 15 is 0 Å². The summed E-state index contributed by atoms with van der Waals surface area (Å²) in [5.74, 6) is 1.86. The van der Waals surface area contributed by atoms with Gasteiger partial charge in [-0.05, 0) is 55.6 Å². The molecule has 0 radical (unpaired) electrons. The molecular formula is C26H32N4O3. The molecule has 3 aromatic rings. The molecule has 33 heavy (non-hydrogen) atoms. The lowest BCUT2D eigenvalue weighted by Crippen LogP contribution is -2.36. The van der Waals surface area contributed by atoms with Crippen molar-refractivity contribution in [3.8, 4) is 17.1 Å². The van der Waals surface area contributed by atoms with E-state index in [2.05, 4.69) is 51.5 Å². The first kappa shape index (κ1) is 23.0. The normalized spacial score (nSPS) is 14.8. The van der Waals surface area contributed by atoms with Gasteiger partial charge in [0.2, 0.25) is 17.6 Å². The van der Waals surface area contributed by atoms with Gasteiger partial charge in [-0.1, -0.05) is 48.5 Å². The van der Waals surface area contributed by atoms with E-state index in [0.29, 0.717) is 31.1 Å². The van der Waals surface area contributed by atoms with Crippen molar-refractivity contribution < 1.29 is 14.1 Å². The number of hydrogen-bond acceptors (Lipinski definition) is 6. The van der Waals surface area contributed by atoms with Crippen LogP contribution in [0.15, 0.2) is 53.1 Å². The Morgan fingerprint density at radius 2 is 1.85 bits per heavy atom. The third-order valence-electron chi connectivity index (χ3n) is 6.23. The number of benzene rings is 2. The summed E-state index contributed by atoms with van der Waals surface area (Å²) < 4.78 is 10.6. The van der Waals surface area contributed by atoms with Crippen LogP contribution in [-0.2, 0) is 17.6 Å². The van der Waals surface area contributed by atoms with Gasteiger partial charge in [0.05, 0.1) is 13.2 Å². The molecule has 7 nitrogen and oxygen atoms in total. The van der Waals surface area contributed by atoms with Gasteiger partial charge in [0, 0.05) is 24.9 Å².